The van der Waals surface area contributed by atoms with Crippen LogP contribution in [-0.4, -0.2) is 17.2 Å². The third-order valence-electron chi connectivity index (χ3n) is 2.68. The van der Waals surface area contributed by atoms with E-state index in [-0.39, 0.29) is 6.04 Å². The molecular formula is C13H17N3OS. The van der Waals surface area contributed by atoms with Gasteiger partial charge in [-0.05, 0) is 33.0 Å². The molecule has 18 heavy (non-hydrogen) atoms. The fourth-order valence-corrected chi connectivity index (χ4v) is 2.15. The SMILES string of the molecule is CNC(C)c1nc(CSc2ccc(C)cc2)no1. The summed E-state index contributed by atoms with van der Waals surface area (Å²) in [6.07, 6.45) is 0. The van der Waals surface area contributed by atoms with Crippen molar-refractivity contribution in [1.29, 1.82) is 0 Å². The molecule has 2 rings (SSSR count). The second-order valence-electron chi connectivity index (χ2n) is 4.16. The number of nitrogens with one attached hydrogen (secondary N) is 1. The Bertz CT molecular complexity index is 495. The minimum atomic E-state index is 0.0932. The lowest BCUT2D eigenvalue weighted by Crippen LogP contribution is -2.12. The Kier molecular flexibility index (Phi) is 4.38. The fourth-order valence-electron chi connectivity index (χ4n) is 1.41. The molecule has 0 aliphatic heterocycles. The largest absolute Gasteiger partial charge is 0.338 e. The van der Waals surface area contributed by atoms with Crippen LogP contribution in [0, 0.1) is 6.92 Å². The number of rotatable bonds is 5. The molecule has 0 amide bonds. The zero-order chi connectivity index (χ0) is 13.0. The highest BCUT2D eigenvalue weighted by Gasteiger charge is 2.12. The monoisotopic (exact) mass is 263 g/mol. The highest BCUT2D eigenvalue weighted by Crippen LogP contribution is 2.22. The molecule has 1 atom stereocenters. The molecule has 1 heterocycles. The van der Waals surface area contributed by atoms with Gasteiger partial charge in [0.1, 0.15) is 0 Å². The normalized spacial score (nSPS) is 12.6. The predicted molar refractivity (Wildman–Crippen MR) is 72.5 cm³/mol. The summed E-state index contributed by atoms with van der Waals surface area (Å²) in [4.78, 5) is 5.57. The van der Waals surface area contributed by atoms with Crippen LogP contribution in [0.5, 0.6) is 0 Å². The average Bonchev–Trinajstić information content (AvgIpc) is 2.86. The van der Waals surface area contributed by atoms with Crippen LogP contribution >= 0.6 is 11.8 Å². The zero-order valence-corrected chi connectivity index (χ0v) is 11.6. The maximum absolute atomic E-state index is 5.19. The molecule has 0 aliphatic rings. The molecule has 1 N–H and O–H groups in total. The molecule has 0 radical (unpaired) electrons. The number of aromatic nitrogens is 2. The summed E-state index contributed by atoms with van der Waals surface area (Å²) in [7, 11) is 1.87. The van der Waals surface area contributed by atoms with Gasteiger partial charge in [0.25, 0.3) is 0 Å². The Morgan fingerprint density at radius 3 is 2.72 bits per heavy atom. The van der Waals surface area contributed by atoms with E-state index in [1.165, 1.54) is 10.5 Å². The van der Waals surface area contributed by atoms with Gasteiger partial charge in [0.2, 0.25) is 5.89 Å². The standard InChI is InChI=1S/C13H17N3OS/c1-9-4-6-11(7-5-9)18-8-12-15-13(17-16-12)10(2)14-3/h4-7,10,14H,8H2,1-3H3. The number of aryl methyl sites for hydroxylation is 1. The quantitative estimate of drug-likeness (QED) is 0.840. The van der Waals surface area contributed by atoms with E-state index >= 15 is 0 Å². The van der Waals surface area contributed by atoms with E-state index in [2.05, 4.69) is 46.6 Å². The van der Waals surface area contributed by atoms with E-state index in [4.69, 9.17) is 4.52 Å². The molecule has 5 heteroatoms. The molecule has 0 fully saturated rings. The molecule has 4 nitrogen and oxygen atoms in total. The first kappa shape index (κ1) is 13.1. The molecule has 0 spiro atoms. The van der Waals surface area contributed by atoms with E-state index in [1.54, 1.807) is 11.8 Å². The Labute approximate surface area is 111 Å². The van der Waals surface area contributed by atoms with Gasteiger partial charge < -0.3 is 9.84 Å². The molecule has 1 aromatic heterocycles. The first-order valence-corrected chi connectivity index (χ1v) is 6.87. The van der Waals surface area contributed by atoms with E-state index < -0.39 is 0 Å². The summed E-state index contributed by atoms with van der Waals surface area (Å²) in [6.45, 7) is 4.07. The van der Waals surface area contributed by atoms with Gasteiger partial charge in [-0.2, -0.15) is 4.98 Å². The molecule has 0 bridgehead atoms. The maximum atomic E-state index is 5.19. The van der Waals surface area contributed by atoms with Gasteiger partial charge in [-0.3, -0.25) is 0 Å². The molecule has 0 saturated carbocycles. The van der Waals surface area contributed by atoms with Crippen molar-refractivity contribution in [3.63, 3.8) is 0 Å². The molecule has 1 aromatic carbocycles. The summed E-state index contributed by atoms with van der Waals surface area (Å²) in [5, 5.41) is 7.04. The highest BCUT2D eigenvalue weighted by molar-refractivity contribution is 7.98. The third-order valence-corrected chi connectivity index (χ3v) is 3.68. The van der Waals surface area contributed by atoms with Gasteiger partial charge in [-0.1, -0.05) is 22.9 Å². The van der Waals surface area contributed by atoms with Crippen molar-refractivity contribution >= 4 is 11.8 Å². The fraction of sp³-hybridized carbons (Fsp3) is 0.385. The second kappa shape index (κ2) is 6.02. The van der Waals surface area contributed by atoms with Gasteiger partial charge in [0.05, 0.1) is 11.8 Å². The van der Waals surface area contributed by atoms with Gasteiger partial charge in [0.15, 0.2) is 5.82 Å². The summed E-state index contributed by atoms with van der Waals surface area (Å²) >= 11 is 1.71. The Morgan fingerprint density at radius 2 is 2.06 bits per heavy atom. The van der Waals surface area contributed by atoms with E-state index in [1.807, 2.05) is 14.0 Å². The Morgan fingerprint density at radius 1 is 1.33 bits per heavy atom. The van der Waals surface area contributed by atoms with Crippen molar-refractivity contribution < 1.29 is 4.52 Å². The summed E-state index contributed by atoms with van der Waals surface area (Å²) in [6, 6.07) is 8.52. The van der Waals surface area contributed by atoms with Crippen LogP contribution in [0.2, 0.25) is 0 Å². The number of hydrogen-bond acceptors (Lipinski definition) is 5. The molecule has 96 valence electrons. The average molecular weight is 263 g/mol. The minimum Gasteiger partial charge on any atom is -0.338 e. The van der Waals surface area contributed by atoms with Crippen molar-refractivity contribution in [2.75, 3.05) is 7.05 Å². The highest BCUT2D eigenvalue weighted by atomic mass is 32.2. The summed E-state index contributed by atoms with van der Waals surface area (Å²) < 4.78 is 5.19. The number of hydrogen-bond donors (Lipinski definition) is 1. The van der Waals surface area contributed by atoms with Crippen LogP contribution in [0.1, 0.15) is 30.2 Å². The number of nitrogens with zero attached hydrogens (tertiary/aromatic N) is 2. The third kappa shape index (κ3) is 3.34. The van der Waals surface area contributed by atoms with Crippen molar-refractivity contribution in [2.45, 2.75) is 30.5 Å². The van der Waals surface area contributed by atoms with Crippen molar-refractivity contribution in [2.24, 2.45) is 0 Å². The predicted octanol–water partition coefficient (Wildman–Crippen LogP) is 2.95. The van der Waals surface area contributed by atoms with Crippen molar-refractivity contribution in [3.8, 4) is 0 Å². The van der Waals surface area contributed by atoms with Crippen LogP contribution in [-0.2, 0) is 5.75 Å². The van der Waals surface area contributed by atoms with Gasteiger partial charge in [0, 0.05) is 4.90 Å². The molecule has 0 aliphatic carbocycles. The molecular weight excluding hydrogens is 246 g/mol. The molecule has 1 unspecified atom stereocenters. The second-order valence-corrected chi connectivity index (χ2v) is 5.21. The topological polar surface area (TPSA) is 51.0 Å². The zero-order valence-electron chi connectivity index (χ0n) is 10.8. The minimum absolute atomic E-state index is 0.0932. The van der Waals surface area contributed by atoms with Crippen LogP contribution in [0.15, 0.2) is 33.7 Å². The van der Waals surface area contributed by atoms with E-state index in [0.717, 1.165) is 11.6 Å². The Balaban J connectivity index is 1.94. The number of thioether (sulfide) groups is 1. The first-order chi connectivity index (χ1) is 8.69. The van der Waals surface area contributed by atoms with Crippen LogP contribution in [0.3, 0.4) is 0 Å². The maximum Gasteiger partial charge on any atom is 0.243 e. The Hall–Kier alpha value is -1.33. The lowest BCUT2D eigenvalue weighted by Gasteiger charge is -2.01. The smallest absolute Gasteiger partial charge is 0.243 e. The summed E-state index contributed by atoms with van der Waals surface area (Å²) in [5.41, 5.74) is 1.27. The molecule has 2 aromatic rings. The van der Waals surface area contributed by atoms with E-state index in [9.17, 15) is 0 Å². The first-order valence-electron chi connectivity index (χ1n) is 5.88. The summed E-state index contributed by atoms with van der Waals surface area (Å²) in [5.74, 6) is 2.10. The van der Waals surface area contributed by atoms with E-state index in [0.29, 0.717) is 5.89 Å². The van der Waals surface area contributed by atoms with Crippen molar-refractivity contribution in [3.05, 3.63) is 41.5 Å². The molecule has 0 saturated heterocycles. The van der Waals surface area contributed by atoms with Crippen LogP contribution in [0.25, 0.3) is 0 Å². The van der Waals surface area contributed by atoms with Crippen LogP contribution in [0.4, 0.5) is 0 Å². The van der Waals surface area contributed by atoms with Gasteiger partial charge >= 0.3 is 0 Å². The van der Waals surface area contributed by atoms with Gasteiger partial charge in [-0.15, -0.1) is 11.8 Å². The van der Waals surface area contributed by atoms with Crippen molar-refractivity contribution in [1.82, 2.24) is 15.5 Å². The number of benzene rings is 1. The lowest BCUT2D eigenvalue weighted by molar-refractivity contribution is 0.344. The lowest BCUT2D eigenvalue weighted by atomic mass is 10.2. The van der Waals surface area contributed by atoms with Gasteiger partial charge in [-0.25, -0.2) is 0 Å². The van der Waals surface area contributed by atoms with Crippen LogP contribution < -0.4 is 5.32 Å².